The lowest BCUT2D eigenvalue weighted by Gasteiger charge is -2.35. The van der Waals surface area contributed by atoms with Crippen LogP contribution in [0.3, 0.4) is 0 Å². The zero-order valence-corrected chi connectivity index (χ0v) is 22.7. The van der Waals surface area contributed by atoms with E-state index < -0.39 is 17.1 Å². The van der Waals surface area contributed by atoms with Crippen LogP contribution in [0.2, 0.25) is 0 Å². The first-order chi connectivity index (χ1) is 17.4. The van der Waals surface area contributed by atoms with Gasteiger partial charge in [-0.3, -0.25) is 4.79 Å². The Bertz CT molecular complexity index is 1120. The first-order valence-electron chi connectivity index (χ1n) is 13.1. The second kappa shape index (κ2) is 11.8. The zero-order chi connectivity index (χ0) is 27.2. The van der Waals surface area contributed by atoms with E-state index in [1.807, 2.05) is 80.3 Å². The molecule has 3 rings (SSSR count). The van der Waals surface area contributed by atoms with Crippen LogP contribution in [0.5, 0.6) is 0 Å². The molecule has 0 aromatic heterocycles. The maximum Gasteiger partial charge on any atom is 0.407 e. The minimum absolute atomic E-state index is 0.0372. The largest absolute Gasteiger partial charge is 0.465 e. The molecule has 1 aliphatic heterocycles. The van der Waals surface area contributed by atoms with Crippen molar-refractivity contribution in [3.05, 3.63) is 71.3 Å². The molecular weight excluding hydrogens is 464 g/mol. The van der Waals surface area contributed by atoms with Crippen LogP contribution in [0, 0.1) is 17.3 Å². The summed E-state index contributed by atoms with van der Waals surface area (Å²) in [7, 11) is 0. The molecule has 2 aromatic carbocycles. The summed E-state index contributed by atoms with van der Waals surface area (Å²) in [5, 5.41) is 20.4. The Morgan fingerprint density at radius 1 is 1.00 bits per heavy atom. The maximum absolute atomic E-state index is 12.6. The second-order valence-corrected chi connectivity index (χ2v) is 11.2. The SMILES string of the molecule is C[C@@H](c1ccc(C#CC(C)(C)C(=O)N2CCC2)cc1)N(CC[C@H](CC(C)(C)O)c1ccccc1)C(=O)O. The molecule has 0 radical (unpaired) electrons. The molecule has 0 unspecified atom stereocenters. The number of aliphatic hydroxyl groups is 1. The normalized spacial score (nSPS) is 15.1. The summed E-state index contributed by atoms with van der Waals surface area (Å²) in [4.78, 5) is 28.1. The van der Waals surface area contributed by atoms with Crippen LogP contribution in [0.1, 0.15) is 82.5 Å². The van der Waals surface area contributed by atoms with Crippen LogP contribution < -0.4 is 0 Å². The first-order valence-corrected chi connectivity index (χ1v) is 13.1. The average Bonchev–Trinajstić information content (AvgIpc) is 2.81. The third-order valence-corrected chi connectivity index (χ3v) is 7.04. The number of carbonyl (C=O) groups excluding carboxylic acids is 1. The van der Waals surface area contributed by atoms with E-state index in [0.29, 0.717) is 19.4 Å². The van der Waals surface area contributed by atoms with Gasteiger partial charge in [-0.2, -0.15) is 0 Å². The molecule has 1 heterocycles. The molecule has 1 fully saturated rings. The lowest BCUT2D eigenvalue weighted by Crippen LogP contribution is -2.47. The van der Waals surface area contributed by atoms with E-state index >= 15 is 0 Å². The van der Waals surface area contributed by atoms with E-state index in [2.05, 4.69) is 11.8 Å². The van der Waals surface area contributed by atoms with Crippen LogP contribution in [0.15, 0.2) is 54.6 Å². The Morgan fingerprint density at radius 3 is 2.14 bits per heavy atom. The van der Waals surface area contributed by atoms with Crippen molar-refractivity contribution in [1.29, 1.82) is 0 Å². The van der Waals surface area contributed by atoms with E-state index in [0.717, 1.165) is 36.2 Å². The number of rotatable bonds is 9. The van der Waals surface area contributed by atoms with Gasteiger partial charge in [-0.15, -0.1) is 0 Å². The predicted octanol–water partition coefficient (Wildman–Crippen LogP) is 5.67. The number of carbonyl (C=O) groups is 2. The number of hydrogen-bond donors (Lipinski definition) is 2. The van der Waals surface area contributed by atoms with Crippen molar-refractivity contribution in [2.24, 2.45) is 5.41 Å². The summed E-state index contributed by atoms with van der Waals surface area (Å²) in [5.74, 6) is 6.33. The molecule has 2 atom stereocenters. The molecule has 0 saturated carbocycles. The van der Waals surface area contributed by atoms with Crippen LogP contribution in [-0.2, 0) is 4.79 Å². The smallest absolute Gasteiger partial charge is 0.407 e. The lowest BCUT2D eigenvalue weighted by atomic mass is 9.85. The standard InChI is InChI=1S/C31H40N2O4/c1-23(25-14-12-24(13-15-25)16-18-30(2,3)28(34)32-19-9-20-32)33(29(35)36)21-17-27(22-31(4,5)37)26-10-7-6-8-11-26/h6-8,10-15,23,27,37H,9,17,19-22H2,1-5H3,(H,35,36)/t23-,27+/m0/s1. The highest BCUT2D eigenvalue weighted by atomic mass is 16.4. The van der Waals surface area contributed by atoms with E-state index in [9.17, 15) is 19.8 Å². The average molecular weight is 505 g/mol. The summed E-state index contributed by atoms with van der Waals surface area (Å²) < 4.78 is 0. The molecule has 2 amide bonds. The molecule has 37 heavy (non-hydrogen) atoms. The highest BCUT2D eigenvalue weighted by Gasteiger charge is 2.33. The lowest BCUT2D eigenvalue weighted by molar-refractivity contribution is -0.141. The number of carboxylic acid groups (broad SMARTS) is 1. The van der Waals surface area contributed by atoms with Gasteiger partial charge in [0.1, 0.15) is 5.41 Å². The molecule has 0 spiro atoms. The summed E-state index contributed by atoms with van der Waals surface area (Å²) in [6.07, 6.45) is 1.23. The molecule has 2 aromatic rings. The van der Waals surface area contributed by atoms with Gasteiger partial charge in [-0.25, -0.2) is 4.79 Å². The summed E-state index contributed by atoms with van der Waals surface area (Å²) in [6.45, 7) is 11.1. The van der Waals surface area contributed by atoms with Gasteiger partial charge in [0.2, 0.25) is 5.91 Å². The molecule has 0 aliphatic carbocycles. The summed E-state index contributed by atoms with van der Waals surface area (Å²) in [6, 6.07) is 17.2. The predicted molar refractivity (Wildman–Crippen MR) is 146 cm³/mol. The van der Waals surface area contributed by atoms with Gasteiger partial charge in [0.25, 0.3) is 0 Å². The van der Waals surface area contributed by atoms with E-state index in [1.54, 1.807) is 13.8 Å². The highest BCUT2D eigenvalue weighted by molar-refractivity contribution is 5.85. The minimum atomic E-state index is -0.974. The highest BCUT2D eigenvalue weighted by Crippen LogP contribution is 2.31. The molecular formula is C31H40N2O4. The van der Waals surface area contributed by atoms with Crippen molar-refractivity contribution in [3.63, 3.8) is 0 Å². The molecule has 1 aliphatic rings. The number of nitrogens with zero attached hydrogens (tertiary/aromatic N) is 2. The van der Waals surface area contributed by atoms with Crippen LogP contribution in [0.4, 0.5) is 4.79 Å². The van der Waals surface area contributed by atoms with Crippen LogP contribution in [-0.4, -0.2) is 57.2 Å². The molecule has 6 nitrogen and oxygen atoms in total. The Hall–Kier alpha value is -3.30. The van der Waals surface area contributed by atoms with Gasteiger partial charge < -0.3 is 20.0 Å². The molecule has 0 bridgehead atoms. The molecule has 6 heteroatoms. The number of benzene rings is 2. The van der Waals surface area contributed by atoms with E-state index in [1.165, 1.54) is 4.90 Å². The Morgan fingerprint density at radius 2 is 1.62 bits per heavy atom. The van der Waals surface area contributed by atoms with Gasteiger partial charge in [-0.05, 0) is 83.1 Å². The topological polar surface area (TPSA) is 81.1 Å². The van der Waals surface area contributed by atoms with Crippen molar-refractivity contribution in [1.82, 2.24) is 9.80 Å². The van der Waals surface area contributed by atoms with Crippen molar-refractivity contribution < 1.29 is 19.8 Å². The Labute approximate surface area is 221 Å². The van der Waals surface area contributed by atoms with E-state index in [-0.39, 0.29) is 17.9 Å². The van der Waals surface area contributed by atoms with Gasteiger partial charge in [-0.1, -0.05) is 54.3 Å². The molecule has 198 valence electrons. The fourth-order valence-electron chi connectivity index (χ4n) is 4.69. The minimum Gasteiger partial charge on any atom is -0.465 e. The first kappa shape index (κ1) is 28.3. The Kier molecular flexibility index (Phi) is 9.04. The van der Waals surface area contributed by atoms with Crippen LogP contribution >= 0.6 is 0 Å². The maximum atomic E-state index is 12.6. The second-order valence-electron chi connectivity index (χ2n) is 11.2. The van der Waals surface area contributed by atoms with Gasteiger partial charge in [0, 0.05) is 25.2 Å². The molecule has 1 saturated heterocycles. The van der Waals surface area contributed by atoms with Crippen LogP contribution in [0.25, 0.3) is 0 Å². The van der Waals surface area contributed by atoms with Gasteiger partial charge in [0.05, 0.1) is 11.6 Å². The van der Waals surface area contributed by atoms with Crippen molar-refractivity contribution in [3.8, 4) is 11.8 Å². The summed E-state index contributed by atoms with van der Waals surface area (Å²) in [5.41, 5.74) is 1.16. The summed E-state index contributed by atoms with van der Waals surface area (Å²) >= 11 is 0. The van der Waals surface area contributed by atoms with Gasteiger partial charge in [0.15, 0.2) is 0 Å². The fraction of sp³-hybridized carbons (Fsp3) is 0.484. The van der Waals surface area contributed by atoms with Crippen molar-refractivity contribution in [2.45, 2.75) is 71.4 Å². The fourth-order valence-corrected chi connectivity index (χ4v) is 4.69. The third-order valence-electron chi connectivity index (χ3n) is 7.04. The quantitative estimate of drug-likeness (QED) is 0.431. The number of amides is 2. The number of likely N-dealkylation sites (tertiary alicyclic amines) is 1. The van der Waals surface area contributed by atoms with Gasteiger partial charge >= 0.3 is 6.09 Å². The Balaban J connectivity index is 1.70. The molecule has 2 N–H and O–H groups in total. The third kappa shape index (κ3) is 7.84. The van der Waals surface area contributed by atoms with Crippen molar-refractivity contribution in [2.75, 3.05) is 19.6 Å². The van der Waals surface area contributed by atoms with E-state index in [4.69, 9.17) is 0 Å². The number of hydrogen-bond acceptors (Lipinski definition) is 3. The van der Waals surface area contributed by atoms with Crippen molar-refractivity contribution >= 4 is 12.0 Å². The zero-order valence-electron chi connectivity index (χ0n) is 22.7. The monoisotopic (exact) mass is 504 g/mol.